The summed E-state index contributed by atoms with van der Waals surface area (Å²) in [7, 11) is 0. The van der Waals surface area contributed by atoms with Gasteiger partial charge in [0.05, 0.1) is 45.1 Å². The number of amides is 2. The van der Waals surface area contributed by atoms with E-state index in [1.165, 1.54) is 6.92 Å². The molecule has 0 saturated carbocycles. The Morgan fingerprint density at radius 2 is 2.18 bits per heavy atom. The Morgan fingerprint density at radius 1 is 1.41 bits per heavy atom. The van der Waals surface area contributed by atoms with Crippen LogP contribution in [0.3, 0.4) is 0 Å². The van der Waals surface area contributed by atoms with Crippen LogP contribution in [0.15, 0.2) is 18.5 Å². The predicted octanol–water partition coefficient (Wildman–Crippen LogP) is -0.0824. The van der Waals surface area contributed by atoms with Crippen LogP contribution in [0.1, 0.15) is 6.92 Å². The van der Waals surface area contributed by atoms with E-state index in [1.54, 1.807) is 4.90 Å². The summed E-state index contributed by atoms with van der Waals surface area (Å²) in [4.78, 5) is 24.5. The second-order valence-corrected chi connectivity index (χ2v) is 5.37. The van der Waals surface area contributed by atoms with Crippen molar-refractivity contribution in [1.82, 2.24) is 9.99 Å². The Labute approximate surface area is 128 Å². The van der Waals surface area contributed by atoms with Gasteiger partial charge in [-0.2, -0.15) is 0 Å². The van der Waals surface area contributed by atoms with Gasteiger partial charge in [-0.05, 0) is 6.07 Å². The van der Waals surface area contributed by atoms with Crippen LogP contribution in [-0.4, -0.2) is 62.2 Å². The summed E-state index contributed by atoms with van der Waals surface area (Å²) in [5.41, 5.74) is 0.793. The largest absolute Gasteiger partial charge is 0.442 e. The number of cyclic esters (lactones) is 1. The molecule has 22 heavy (non-hydrogen) atoms. The number of carbonyl (C=O) groups excluding carboxylic acids is 2. The highest BCUT2D eigenvalue weighted by Gasteiger charge is 2.33. The van der Waals surface area contributed by atoms with Crippen LogP contribution in [0, 0.1) is 0 Å². The van der Waals surface area contributed by atoms with Crippen molar-refractivity contribution in [3.05, 3.63) is 18.5 Å². The van der Waals surface area contributed by atoms with E-state index < -0.39 is 0 Å². The lowest BCUT2D eigenvalue weighted by molar-refractivity contribution is -0.119. The zero-order chi connectivity index (χ0) is 15.5. The highest BCUT2D eigenvalue weighted by molar-refractivity contribution is 5.89. The standard InChI is InChI=1S/C14H20N4O4/c1-11(19)15-8-13-10-18(14(20)22-13)12-2-3-17(9-12)16-4-6-21-7-5-16/h2-3,9,13H,4-8,10H2,1H3,(H,15,19)/t13-/m0/s1. The number of hydrogen-bond acceptors (Lipinski definition) is 5. The van der Waals surface area contributed by atoms with E-state index in [0.29, 0.717) is 26.3 Å². The fourth-order valence-corrected chi connectivity index (χ4v) is 2.59. The van der Waals surface area contributed by atoms with Gasteiger partial charge in [-0.25, -0.2) is 4.79 Å². The van der Waals surface area contributed by atoms with E-state index in [-0.39, 0.29) is 18.1 Å². The molecule has 2 amide bonds. The van der Waals surface area contributed by atoms with Crippen molar-refractivity contribution in [2.45, 2.75) is 13.0 Å². The molecule has 8 heteroatoms. The average molecular weight is 308 g/mol. The number of morpholine rings is 1. The summed E-state index contributed by atoms with van der Waals surface area (Å²) in [6.45, 7) is 5.27. The molecule has 2 fully saturated rings. The number of nitrogens with one attached hydrogen (secondary N) is 1. The van der Waals surface area contributed by atoms with Crippen LogP contribution in [0.4, 0.5) is 10.5 Å². The Bertz CT molecular complexity index is 553. The molecule has 0 aromatic carbocycles. The lowest BCUT2D eigenvalue weighted by Gasteiger charge is -2.29. The van der Waals surface area contributed by atoms with Crippen LogP contribution in [-0.2, 0) is 14.3 Å². The molecule has 0 bridgehead atoms. The van der Waals surface area contributed by atoms with Gasteiger partial charge >= 0.3 is 6.09 Å². The summed E-state index contributed by atoms with van der Waals surface area (Å²) in [6, 6.07) is 1.89. The molecule has 3 heterocycles. The zero-order valence-corrected chi connectivity index (χ0v) is 12.5. The molecule has 0 spiro atoms. The number of aromatic nitrogens is 1. The van der Waals surface area contributed by atoms with Gasteiger partial charge in [0.1, 0.15) is 6.10 Å². The first-order valence-corrected chi connectivity index (χ1v) is 7.37. The topological polar surface area (TPSA) is 76.0 Å². The lowest BCUT2D eigenvalue weighted by atomic mass is 10.3. The summed E-state index contributed by atoms with van der Waals surface area (Å²) >= 11 is 0. The number of carbonyl (C=O) groups is 2. The summed E-state index contributed by atoms with van der Waals surface area (Å²) in [6.07, 6.45) is 3.14. The normalized spacial score (nSPS) is 21.9. The molecular formula is C14H20N4O4. The molecule has 1 aromatic heterocycles. The number of hydrogen-bond donors (Lipinski definition) is 1. The van der Waals surface area contributed by atoms with Gasteiger partial charge in [0, 0.05) is 19.3 Å². The molecular weight excluding hydrogens is 288 g/mol. The summed E-state index contributed by atoms with van der Waals surface area (Å²) in [5.74, 6) is -0.132. The number of ether oxygens (including phenoxy) is 2. The Kier molecular flexibility index (Phi) is 4.19. The Hall–Kier alpha value is -2.22. The molecule has 2 aliphatic rings. The Morgan fingerprint density at radius 3 is 2.91 bits per heavy atom. The third-order valence-corrected chi connectivity index (χ3v) is 3.74. The fraction of sp³-hybridized carbons (Fsp3) is 0.571. The average Bonchev–Trinajstić information content (AvgIpc) is 3.12. The monoisotopic (exact) mass is 308 g/mol. The second kappa shape index (κ2) is 6.27. The minimum absolute atomic E-state index is 0.132. The van der Waals surface area contributed by atoms with E-state index in [9.17, 15) is 9.59 Å². The van der Waals surface area contributed by atoms with Crippen LogP contribution in [0.2, 0.25) is 0 Å². The van der Waals surface area contributed by atoms with Gasteiger partial charge < -0.3 is 19.8 Å². The first-order chi connectivity index (χ1) is 10.6. The SMILES string of the molecule is CC(=O)NC[C@H]1CN(c2ccn(N3CCOCC3)c2)C(=O)O1. The minimum atomic E-state index is -0.380. The molecule has 0 unspecified atom stereocenters. The fourth-order valence-electron chi connectivity index (χ4n) is 2.59. The van der Waals surface area contributed by atoms with E-state index >= 15 is 0 Å². The molecule has 3 rings (SSSR count). The van der Waals surface area contributed by atoms with Crippen molar-refractivity contribution in [1.29, 1.82) is 0 Å². The Balaban J connectivity index is 1.63. The summed E-state index contributed by atoms with van der Waals surface area (Å²) < 4.78 is 12.6. The maximum atomic E-state index is 12.0. The van der Waals surface area contributed by atoms with Crippen molar-refractivity contribution >= 4 is 17.7 Å². The van der Waals surface area contributed by atoms with Crippen molar-refractivity contribution < 1.29 is 19.1 Å². The van der Waals surface area contributed by atoms with Crippen molar-refractivity contribution in [3.8, 4) is 0 Å². The van der Waals surface area contributed by atoms with Gasteiger partial charge in [-0.3, -0.25) is 14.4 Å². The van der Waals surface area contributed by atoms with Crippen LogP contribution in [0.25, 0.3) is 0 Å². The highest BCUT2D eigenvalue weighted by Crippen LogP contribution is 2.22. The predicted molar refractivity (Wildman–Crippen MR) is 79.5 cm³/mol. The molecule has 0 aliphatic carbocycles. The van der Waals surface area contributed by atoms with E-state index in [2.05, 4.69) is 10.3 Å². The zero-order valence-electron chi connectivity index (χ0n) is 12.5. The maximum absolute atomic E-state index is 12.0. The number of anilines is 1. The smallest absolute Gasteiger partial charge is 0.414 e. The molecule has 120 valence electrons. The van der Waals surface area contributed by atoms with Crippen molar-refractivity contribution in [2.75, 3.05) is 49.3 Å². The van der Waals surface area contributed by atoms with Gasteiger partial charge in [0.25, 0.3) is 0 Å². The lowest BCUT2D eigenvalue weighted by Crippen LogP contribution is -2.43. The molecule has 0 radical (unpaired) electrons. The van der Waals surface area contributed by atoms with Crippen molar-refractivity contribution in [2.24, 2.45) is 0 Å². The molecule has 1 N–H and O–H groups in total. The van der Waals surface area contributed by atoms with Gasteiger partial charge in [0.15, 0.2) is 0 Å². The molecule has 1 atom stereocenters. The minimum Gasteiger partial charge on any atom is -0.442 e. The molecule has 2 saturated heterocycles. The van der Waals surface area contributed by atoms with Gasteiger partial charge in [-0.1, -0.05) is 0 Å². The third kappa shape index (κ3) is 3.16. The highest BCUT2D eigenvalue weighted by atomic mass is 16.6. The van der Waals surface area contributed by atoms with Gasteiger partial charge in [-0.15, -0.1) is 0 Å². The van der Waals surface area contributed by atoms with E-state index in [1.807, 2.05) is 23.1 Å². The number of nitrogens with zero attached hydrogens (tertiary/aromatic N) is 3. The summed E-state index contributed by atoms with van der Waals surface area (Å²) in [5, 5.41) is 4.82. The van der Waals surface area contributed by atoms with Crippen molar-refractivity contribution in [3.63, 3.8) is 0 Å². The van der Waals surface area contributed by atoms with E-state index in [0.717, 1.165) is 18.8 Å². The second-order valence-electron chi connectivity index (χ2n) is 5.37. The van der Waals surface area contributed by atoms with Crippen LogP contribution >= 0.6 is 0 Å². The van der Waals surface area contributed by atoms with Gasteiger partial charge in [0.2, 0.25) is 5.91 Å². The van der Waals surface area contributed by atoms with E-state index in [4.69, 9.17) is 9.47 Å². The first-order valence-electron chi connectivity index (χ1n) is 7.37. The number of rotatable bonds is 4. The third-order valence-electron chi connectivity index (χ3n) is 3.74. The maximum Gasteiger partial charge on any atom is 0.414 e. The first kappa shape index (κ1) is 14.7. The molecule has 8 nitrogen and oxygen atoms in total. The van der Waals surface area contributed by atoms with Crippen LogP contribution in [0.5, 0.6) is 0 Å². The molecule has 1 aromatic rings. The quantitative estimate of drug-likeness (QED) is 0.842. The molecule has 2 aliphatic heterocycles. The van der Waals surface area contributed by atoms with Crippen LogP contribution < -0.4 is 15.2 Å².